The monoisotopic (exact) mass is 1190 g/mol. The zero-order valence-corrected chi connectivity index (χ0v) is 45.1. The van der Waals surface area contributed by atoms with Gasteiger partial charge < -0.3 is 103 Å². The molecular weight excluding hydrogens is 1120 g/mol. The van der Waals surface area contributed by atoms with Gasteiger partial charge in [0.15, 0.2) is 24.0 Å². The molecule has 3 amide bonds. The highest BCUT2D eigenvalue weighted by Crippen LogP contribution is 2.61. The molecule has 2 aromatic rings. The molecule has 0 radical (unpaired) electrons. The second kappa shape index (κ2) is 28.1. The lowest BCUT2D eigenvalue weighted by Crippen LogP contribution is -2.67. The SMILES string of the molecule is CC(C)(COP(=O)(O)OP(=O)(O)OC[C@H]1O[C@@H](n2cnc3c(N)ncnc32)[C@H](O)[C@@H]1OP(=O)(O)O)[C@@H](O)C(=O)NCCC(=O)NCCSCCCCCC(=O)NC[C@H]1O[C@H](O[C@H]2[C@H](O)[C@@H](O)[C@H](N)C[C@@H]2N)[C@H](N)[C@@H](O)[C@@H]1O. The Morgan fingerprint density at radius 1 is 0.805 bits per heavy atom. The minimum absolute atomic E-state index is 0.0162. The van der Waals surface area contributed by atoms with Crippen LogP contribution in [0.15, 0.2) is 12.7 Å². The Kier molecular flexibility index (Phi) is 23.7. The molecule has 1 saturated carbocycles. The number of unbranched alkanes of at least 4 members (excludes halogenated alkanes) is 2. The highest BCUT2D eigenvalue weighted by atomic mass is 32.2. The van der Waals surface area contributed by atoms with Gasteiger partial charge >= 0.3 is 23.5 Å². The number of phosphoric ester groups is 3. The summed E-state index contributed by atoms with van der Waals surface area (Å²) < 4.78 is 74.0. The number of nitrogens with two attached hydrogens (primary N) is 4. The number of phosphoric acid groups is 3. The number of anilines is 1. The number of aromatic nitrogens is 4. The van der Waals surface area contributed by atoms with Gasteiger partial charge in [0.2, 0.25) is 17.7 Å². The molecule has 2 unspecified atom stereocenters. The van der Waals surface area contributed by atoms with Crippen molar-refractivity contribution in [3.63, 3.8) is 0 Å². The minimum Gasteiger partial charge on any atom is -0.389 e. The Bertz CT molecular complexity index is 2440. The van der Waals surface area contributed by atoms with E-state index in [4.69, 9.17) is 46.2 Å². The first-order valence-corrected chi connectivity index (χ1v) is 29.6. The number of nitrogen functional groups attached to an aromatic ring is 1. The lowest BCUT2D eigenvalue weighted by Gasteiger charge is -2.45. The summed E-state index contributed by atoms with van der Waals surface area (Å²) in [6.07, 6.45) is -14.1. The van der Waals surface area contributed by atoms with Crippen molar-refractivity contribution in [1.82, 2.24) is 35.5 Å². The Morgan fingerprint density at radius 2 is 1.49 bits per heavy atom. The Hall–Kier alpha value is -3.00. The van der Waals surface area contributed by atoms with Gasteiger partial charge in [-0.2, -0.15) is 16.1 Å². The van der Waals surface area contributed by atoms with Crippen LogP contribution in [0, 0.1) is 5.41 Å². The molecule has 0 aromatic carbocycles. The summed E-state index contributed by atoms with van der Waals surface area (Å²) in [6.45, 7) is 0.323. The van der Waals surface area contributed by atoms with Crippen molar-refractivity contribution >= 4 is 69.9 Å². The van der Waals surface area contributed by atoms with Crippen molar-refractivity contribution in [1.29, 1.82) is 0 Å². The molecule has 1 aliphatic carbocycles. The van der Waals surface area contributed by atoms with Gasteiger partial charge in [0.25, 0.3) is 0 Å². The van der Waals surface area contributed by atoms with Gasteiger partial charge in [-0.1, -0.05) is 20.3 Å². The van der Waals surface area contributed by atoms with Crippen molar-refractivity contribution < 1.29 is 110 Å². The molecule has 3 aliphatic rings. The van der Waals surface area contributed by atoms with Crippen LogP contribution >= 0.6 is 35.2 Å². The van der Waals surface area contributed by atoms with Crippen LogP contribution in [0.5, 0.6) is 0 Å². The number of hydrogen-bond acceptors (Lipinski definition) is 27. The summed E-state index contributed by atoms with van der Waals surface area (Å²) in [4.78, 5) is 88.9. The maximum absolute atomic E-state index is 12.8. The molecule has 0 spiro atoms. The lowest BCUT2D eigenvalue weighted by molar-refractivity contribution is -0.288. The molecule has 5 rings (SSSR count). The normalized spacial score (nSPS) is 31.1. The fourth-order valence-corrected chi connectivity index (χ4v) is 11.8. The number of carbonyl (C=O) groups is 3. The molecule has 2 aromatic heterocycles. The van der Waals surface area contributed by atoms with Gasteiger partial charge in [-0.15, -0.1) is 0 Å². The topological polar surface area (TPSA) is 553 Å². The largest absolute Gasteiger partial charge is 0.481 e. The summed E-state index contributed by atoms with van der Waals surface area (Å²) in [5.41, 5.74) is 22.1. The molecule has 17 atom stereocenters. The molecule has 4 heterocycles. The zero-order chi connectivity index (χ0) is 57.2. The fourth-order valence-electron chi connectivity index (χ4n) is 8.14. The van der Waals surface area contributed by atoms with Gasteiger partial charge in [0, 0.05) is 55.7 Å². The molecule has 0 bridgehead atoms. The fraction of sp³-hybridized carbons (Fsp3) is 0.795. The van der Waals surface area contributed by atoms with Crippen LogP contribution in [0.4, 0.5) is 5.82 Å². The summed E-state index contributed by atoms with van der Waals surface area (Å²) >= 11 is 1.55. The quantitative estimate of drug-likeness (QED) is 0.0267. The molecule has 38 heteroatoms. The third kappa shape index (κ3) is 18.5. The number of carbonyl (C=O) groups excluding carboxylic acids is 3. The van der Waals surface area contributed by atoms with E-state index in [-0.39, 0.29) is 55.2 Å². The van der Waals surface area contributed by atoms with Crippen LogP contribution in [0.25, 0.3) is 11.2 Å². The molecular formula is C39H70N11O23P3S. The number of imidazole rings is 1. The molecule has 21 N–H and O–H groups in total. The summed E-state index contributed by atoms with van der Waals surface area (Å²) in [5.74, 6) is -0.519. The molecule has 34 nitrogen and oxygen atoms in total. The number of aliphatic hydroxyl groups excluding tert-OH is 6. The van der Waals surface area contributed by atoms with E-state index in [0.29, 0.717) is 25.1 Å². The highest BCUT2D eigenvalue weighted by Gasteiger charge is 2.51. The maximum Gasteiger partial charge on any atom is 0.481 e. The first-order valence-electron chi connectivity index (χ1n) is 23.9. The van der Waals surface area contributed by atoms with Crippen molar-refractivity contribution in [2.45, 2.75) is 144 Å². The standard InChI is InChI=1S/C39H70N11O23P3S/c1-39(2,15-68-76(65,66)73-75(63,64)67-14-21-32(72-74(60,61)62)30(57)37(69-21)50-17-49-25-34(43)47-16-48-35(25)50)33(58)36(59)45-8-7-23(52)44-9-11-77-10-5-3-4-6-22(51)46-13-20-27(54)28(55)24(42)38(70-20)71-31-19(41)12-18(40)26(53)29(31)56/h16-21,24,26-33,37-38,53-58H,3-15,40-42H2,1-2H3,(H,44,52)(H,45,59)(H,46,51)(H,63,64)(H,65,66)(H2,43,47,48)(H2,60,61,62)/t18-,19+,20-,21-,24-,26+,27-,28-,29-,30-,31-,32-,33+,37-,38-/m1/s1. The molecule has 2 saturated heterocycles. The Balaban J connectivity index is 0.919. The summed E-state index contributed by atoms with van der Waals surface area (Å²) in [7, 11) is -16.5. The summed E-state index contributed by atoms with van der Waals surface area (Å²) in [6, 6.07) is -2.78. The number of fused-ring (bicyclic) bond motifs is 1. The summed E-state index contributed by atoms with van der Waals surface area (Å²) in [5, 5.41) is 71.0. The van der Waals surface area contributed by atoms with Gasteiger partial charge in [0.1, 0.15) is 66.8 Å². The van der Waals surface area contributed by atoms with Gasteiger partial charge in [-0.25, -0.2) is 28.6 Å². The average molecular weight is 1190 g/mol. The van der Waals surface area contributed by atoms with E-state index in [2.05, 4.69) is 39.7 Å². The first-order chi connectivity index (χ1) is 35.9. The minimum atomic E-state index is -5.61. The van der Waals surface area contributed by atoms with E-state index in [0.717, 1.165) is 29.4 Å². The Labute approximate surface area is 444 Å². The third-order valence-corrected chi connectivity index (χ3v) is 16.6. The van der Waals surface area contributed by atoms with Gasteiger partial charge in [0.05, 0.1) is 31.7 Å². The second-order valence-corrected chi connectivity index (χ2v) is 24.5. The van der Waals surface area contributed by atoms with E-state index in [1.807, 2.05) is 0 Å². The van der Waals surface area contributed by atoms with E-state index in [1.54, 1.807) is 11.8 Å². The number of nitrogens with zero attached hydrogens (tertiary/aromatic N) is 4. The smallest absolute Gasteiger partial charge is 0.389 e. The van der Waals surface area contributed by atoms with E-state index < -0.39 is 146 Å². The predicted octanol–water partition coefficient (Wildman–Crippen LogP) is -5.25. The van der Waals surface area contributed by atoms with Gasteiger partial charge in [-0.05, 0) is 25.0 Å². The number of thioether (sulfide) groups is 1. The van der Waals surface area contributed by atoms with Crippen LogP contribution in [-0.2, 0) is 60.2 Å². The maximum atomic E-state index is 12.8. The average Bonchev–Trinajstić information content (AvgIpc) is 3.91. The zero-order valence-electron chi connectivity index (χ0n) is 41.6. The molecule has 440 valence electrons. The van der Waals surface area contributed by atoms with Crippen LogP contribution < -0.4 is 38.9 Å². The molecule has 77 heavy (non-hydrogen) atoms. The number of aliphatic hydroxyl groups is 6. The molecule has 2 aliphatic heterocycles. The van der Waals surface area contributed by atoms with Crippen LogP contribution in [0.3, 0.4) is 0 Å². The number of nitrogens with one attached hydrogen (secondary N) is 3. The van der Waals surface area contributed by atoms with Crippen LogP contribution in [-0.4, -0.2) is 217 Å². The number of hydrogen-bond donors (Lipinski definition) is 17. The van der Waals surface area contributed by atoms with Crippen LogP contribution in [0.2, 0.25) is 0 Å². The van der Waals surface area contributed by atoms with E-state index >= 15 is 0 Å². The van der Waals surface area contributed by atoms with Crippen molar-refractivity contribution in [2.75, 3.05) is 50.1 Å². The predicted molar refractivity (Wildman–Crippen MR) is 265 cm³/mol. The van der Waals surface area contributed by atoms with Crippen molar-refractivity contribution in [3.05, 3.63) is 12.7 Å². The highest BCUT2D eigenvalue weighted by molar-refractivity contribution is 7.99. The van der Waals surface area contributed by atoms with Crippen molar-refractivity contribution in [3.8, 4) is 0 Å². The van der Waals surface area contributed by atoms with Crippen molar-refractivity contribution in [2.24, 2.45) is 22.6 Å². The Morgan fingerprint density at radius 3 is 2.19 bits per heavy atom. The number of amides is 3. The third-order valence-electron chi connectivity index (χ3n) is 12.5. The lowest BCUT2D eigenvalue weighted by atomic mass is 9.84. The molecule has 3 fully saturated rings. The number of rotatable bonds is 29. The van der Waals surface area contributed by atoms with Crippen LogP contribution in [0.1, 0.15) is 58.6 Å². The second-order valence-electron chi connectivity index (χ2n) is 19.0. The van der Waals surface area contributed by atoms with E-state index in [1.165, 1.54) is 13.8 Å². The number of ether oxygens (including phenoxy) is 3. The van der Waals surface area contributed by atoms with E-state index in [9.17, 15) is 78.3 Å². The first kappa shape index (κ1) is 64.8. The van der Waals surface area contributed by atoms with Gasteiger partial charge in [-0.3, -0.25) is 32.5 Å².